The van der Waals surface area contributed by atoms with Gasteiger partial charge in [0.1, 0.15) is 28.9 Å². The molecule has 4 aliphatic rings. The number of hydrogen-bond donors (Lipinski definition) is 6. The highest BCUT2D eigenvalue weighted by Crippen LogP contribution is 2.35. The fourth-order valence-electron chi connectivity index (χ4n) is 14.1. The molecule has 5 amide bonds. The highest BCUT2D eigenvalue weighted by atomic mass is 79.9. The van der Waals surface area contributed by atoms with Gasteiger partial charge in [-0.2, -0.15) is 0 Å². The molecule has 0 spiro atoms. The van der Waals surface area contributed by atoms with E-state index in [1.165, 1.54) is 29.1 Å². The Morgan fingerprint density at radius 3 is 0.905 bits per heavy atom. The monoisotopic (exact) mass is 1790 g/mol. The average molecular weight is 1790 g/mol. The number of carboxylic acid groups (broad SMARTS) is 1. The maximum Gasteiger partial charge on any atom is 0.332 e. The van der Waals surface area contributed by atoms with Gasteiger partial charge in [-0.3, -0.25) is 34.0 Å². The van der Waals surface area contributed by atoms with Crippen LogP contribution in [0.15, 0.2) is 168 Å². The summed E-state index contributed by atoms with van der Waals surface area (Å²) in [5, 5.41) is 37.7. The van der Waals surface area contributed by atoms with Gasteiger partial charge >= 0.3 is 23.9 Å². The molecule has 0 fully saturated rings. The molecule has 0 saturated carbocycles. The number of amides is 5. The van der Waals surface area contributed by atoms with Crippen LogP contribution in [-0.2, 0) is 78.6 Å². The molecule has 672 valence electrons. The lowest BCUT2D eigenvalue weighted by atomic mass is 10.1. The molecular formula is C100H121BrN6O19. The van der Waals surface area contributed by atoms with Gasteiger partial charge in [0.2, 0.25) is 0 Å². The first kappa shape index (κ1) is 102. The number of carbonyl (C=O) groups is 9. The van der Waals surface area contributed by atoms with Crippen LogP contribution in [-0.4, -0.2) is 188 Å². The summed E-state index contributed by atoms with van der Waals surface area (Å²) in [5.41, 5.74) is 14.5. The molecule has 10 atom stereocenters. The van der Waals surface area contributed by atoms with Gasteiger partial charge in [0.15, 0.2) is 18.1 Å². The number of halogens is 1. The maximum atomic E-state index is 13.3. The van der Waals surface area contributed by atoms with Crippen LogP contribution in [0.25, 0.3) is 0 Å². The molecule has 25 nitrogen and oxygen atoms in total. The topological polar surface area (TPSA) is 341 Å². The molecule has 4 aliphatic heterocycles. The number of aliphatic hydroxyl groups excluding tert-OH is 2. The fourth-order valence-corrected chi connectivity index (χ4v) is 14.5. The van der Waals surface area contributed by atoms with E-state index in [0.29, 0.717) is 35.3 Å². The van der Waals surface area contributed by atoms with E-state index < -0.39 is 112 Å². The van der Waals surface area contributed by atoms with Crippen molar-refractivity contribution in [3.8, 4) is 35.5 Å². The zero-order chi connectivity index (χ0) is 94.1. The van der Waals surface area contributed by atoms with E-state index >= 15 is 0 Å². The van der Waals surface area contributed by atoms with Crippen molar-refractivity contribution in [1.82, 2.24) is 25.1 Å². The van der Waals surface area contributed by atoms with Gasteiger partial charge in [0, 0.05) is 86.3 Å². The second-order valence-electron chi connectivity index (χ2n) is 37.0. The van der Waals surface area contributed by atoms with Crippen LogP contribution in [0.3, 0.4) is 0 Å². The molecule has 0 radical (unpaired) electrons. The number of benzene rings is 7. The Balaban J connectivity index is 0.000000219. The number of hydroxylamine groups is 1. The van der Waals surface area contributed by atoms with E-state index in [2.05, 4.69) is 51.5 Å². The number of esters is 3. The van der Waals surface area contributed by atoms with E-state index in [1.54, 1.807) is 65.3 Å². The Bertz CT molecular complexity index is 5250. The van der Waals surface area contributed by atoms with E-state index in [4.69, 9.17) is 39.4 Å². The third-order valence-electron chi connectivity index (χ3n) is 19.0. The quantitative estimate of drug-likeness (QED) is 0.0162. The normalized spacial score (nSPS) is 15.7. The zero-order valence-corrected chi connectivity index (χ0v) is 77.9. The Labute approximate surface area is 749 Å². The largest absolute Gasteiger partial charge is 0.480 e. The third kappa shape index (κ3) is 30.2. The van der Waals surface area contributed by atoms with Gasteiger partial charge in [-0.05, 0) is 291 Å². The second-order valence-corrected chi connectivity index (χ2v) is 37.9. The molecule has 0 aliphatic carbocycles. The smallest absolute Gasteiger partial charge is 0.332 e. The molecule has 0 saturated heterocycles. The summed E-state index contributed by atoms with van der Waals surface area (Å²) >= 11 is 3.43. The summed E-state index contributed by atoms with van der Waals surface area (Å²) in [5.74, 6) is 14.0. The highest BCUT2D eigenvalue weighted by molar-refractivity contribution is 9.10. The lowest BCUT2D eigenvalue weighted by Crippen LogP contribution is -2.52. The molecule has 7 aromatic carbocycles. The van der Waals surface area contributed by atoms with Crippen molar-refractivity contribution in [1.29, 1.82) is 0 Å². The number of nitrogens with zero attached hydrogens (tertiary/aromatic N) is 4. The van der Waals surface area contributed by atoms with Crippen molar-refractivity contribution in [2.24, 2.45) is 5.73 Å². The van der Waals surface area contributed by atoms with Gasteiger partial charge in [0.05, 0.1) is 47.3 Å². The van der Waals surface area contributed by atoms with Gasteiger partial charge < -0.3 is 69.1 Å². The average Bonchev–Trinajstić information content (AvgIpc) is 1.65. The van der Waals surface area contributed by atoms with Crippen LogP contribution in [0.2, 0.25) is 0 Å². The molecule has 11 rings (SSSR count). The van der Waals surface area contributed by atoms with Crippen LogP contribution >= 0.6 is 15.9 Å². The summed E-state index contributed by atoms with van der Waals surface area (Å²) in [4.78, 5) is 118. The molecule has 0 bridgehead atoms. The Hall–Kier alpha value is -11.4. The minimum Gasteiger partial charge on any atom is -0.480 e. The van der Waals surface area contributed by atoms with Gasteiger partial charge in [-0.15, -0.1) is 0 Å². The summed E-state index contributed by atoms with van der Waals surface area (Å²) in [6.45, 7) is 42.8. The Morgan fingerprint density at radius 1 is 0.365 bits per heavy atom. The van der Waals surface area contributed by atoms with Crippen LogP contribution in [0.1, 0.15) is 256 Å². The number of ether oxygens (including phenoxy) is 6. The lowest BCUT2D eigenvalue weighted by molar-refractivity contribution is -0.171. The van der Waals surface area contributed by atoms with E-state index in [1.807, 2.05) is 254 Å². The molecule has 0 unspecified atom stereocenters. The second kappa shape index (κ2) is 43.2. The summed E-state index contributed by atoms with van der Waals surface area (Å²) < 4.78 is 35.1. The number of hydrogen-bond acceptors (Lipinski definition) is 19. The highest BCUT2D eigenvalue weighted by Gasteiger charge is 2.47. The van der Waals surface area contributed by atoms with Crippen molar-refractivity contribution >= 4 is 69.3 Å². The number of rotatable bonds is 17. The minimum absolute atomic E-state index is 0.150. The minimum atomic E-state index is -1.27. The predicted molar refractivity (Wildman–Crippen MR) is 483 cm³/mol. The Kier molecular flexibility index (Phi) is 34.9. The first-order valence-corrected chi connectivity index (χ1v) is 42.4. The summed E-state index contributed by atoms with van der Waals surface area (Å²) in [7, 11) is 0. The zero-order valence-electron chi connectivity index (χ0n) is 76.3. The molecule has 126 heavy (non-hydrogen) atoms. The van der Waals surface area contributed by atoms with Crippen LogP contribution < -0.4 is 11.2 Å². The molecule has 4 heterocycles. The van der Waals surface area contributed by atoms with Gasteiger partial charge in [0.25, 0.3) is 29.5 Å². The molecule has 7 aromatic rings. The molecular weight excluding hydrogens is 1670 g/mol. The summed E-state index contributed by atoms with van der Waals surface area (Å²) in [6, 6.07) is 45.5. The standard InChI is InChI=1S/C28H33NO4.C20H28BrNO4.C20H18N2O4.C20H17NO4.C12H25NO3/c1-19(32-27(2,3)4)24(26(31)33-28(5,6)7)29-18-22-17-21(15-16-23(22)25(29)30)14-13-20-11-9-8-10-12-20;1-12(25-19(2,3)4)16(18(24)26-20(5,6)7)22-11-13-10-14(21)8-9-15(13)17(22)23;1-13(23)18(19(24)21-26)22-12-16-11-15(9-10-17(16)20(22)25)8-7-14-5-3-2-4-6-14;1-13(22)18(20(24)25)21-12-16-11-15(9-10-17(16)19(21)23)8-7-14-5-3-2-4-6-14;1-8(15-11(2,3)4)9(13)10(14)16-12(5,6)7/h8-12,15-17,19,24H,18H2,1-7H3;8-10,12,16H,11H2,1-7H3;2-6,9-11,13,18,23,26H,12H2,1H3,(H,21,24);2-6,9-11,13,18,22H,12H2,1H3,(H,24,25);8-9H,13H2,1-7H3/t19-,24+;12-,16+;2*13-,18+;8-,9+/m11111/s1. The third-order valence-corrected chi connectivity index (χ3v) is 19.5. The number of nitrogens with two attached hydrogens (primary N) is 1. The van der Waals surface area contributed by atoms with Crippen molar-refractivity contribution in [3.63, 3.8) is 0 Å². The van der Waals surface area contributed by atoms with E-state index in [-0.39, 0.29) is 48.4 Å². The summed E-state index contributed by atoms with van der Waals surface area (Å²) in [6.07, 6.45) is -3.71. The van der Waals surface area contributed by atoms with Crippen molar-refractivity contribution in [2.45, 2.75) is 280 Å². The number of nitrogens with one attached hydrogen (secondary N) is 1. The number of aliphatic hydroxyl groups is 2. The first-order chi connectivity index (χ1) is 58.5. The van der Waals surface area contributed by atoms with E-state index in [9.17, 15) is 58.5 Å². The van der Waals surface area contributed by atoms with Crippen molar-refractivity contribution in [3.05, 3.63) is 246 Å². The fraction of sp³-hybridized carbons (Fsp3) is 0.430. The molecule has 7 N–H and O–H groups in total. The maximum absolute atomic E-state index is 13.3. The Morgan fingerprint density at radius 2 is 0.627 bits per heavy atom. The number of aliphatic carboxylic acids is 1. The van der Waals surface area contributed by atoms with Crippen molar-refractivity contribution in [2.75, 3.05) is 0 Å². The molecule has 26 heteroatoms. The van der Waals surface area contributed by atoms with Crippen LogP contribution in [0.4, 0.5) is 0 Å². The van der Waals surface area contributed by atoms with Gasteiger partial charge in [-0.1, -0.05) is 106 Å². The van der Waals surface area contributed by atoms with Crippen LogP contribution in [0.5, 0.6) is 0 Å². The van der Waals surface area contributed by atoms with Gasteiger partial charge in [-0.25, -0.2) is 19.9 Å². The number of carboxylic acids is 1. The SMILES string of the molecule is C[C@@H](O)[C@@H](C(=O)NO)N1Cc2cc(C#Cc3ccccc3)ccc2C1=O.C[C@@H](O)[C@@H](C(=O)O)N1Cc2cc(C#Cc3ccccc3)ccc2C1=O.C[C@@H](OC(C)(C)C)[C@@H](C(=O)OC(C)(C)C)N1Cc2cc(Br)ccc2C1=O.C[C@@H](OC(C)(C)C)[C@@H](C(=O)OC(C)(C)C)N1Cc2cc(C#Cc3ccccc3)ccc2C1=O.C[C@@H](OC(C)(C)C)[C@H](N)C(=O)OC(C)(C)C. The lowest BCUT2D eigenvalue weighted by Gasteiger charge is -2.36. The van der Waals surface area contributed by atoms with Crippen molar-refractivity contribution < 1.29 is 92.1 Å². The number of fused-ring (bicyclic) bond motifs is 4. The number of carbonyl (C=O) groups excluding carboxylic acids is 8. The van der Waals surface area contributed by atoms with Crippen LogP contribution in [0, 0.1) is 35.5 Å². The first-order valence-electron chi connectivity index (χ1n) is 41.7. The van der Waals surface area contributed by atoms with E-state index in [0.717, 1.165) is 60.1 Å². The predicted octanol–water partition coefficient (Wildman–Crippen LogP) is 14.3. The molecule has 0 aromatic heterocycles.